The quantitative estimate of drug-likeness (QED) is 0.373. The van der Waals surface area contributed by atoms with Gasteiger partial charge in [0.25, 0.3) is 0 Å². The highest BCUT2D eigenvalue weighted by molar-refractivity contribution is 6.30. The molecule has 0 aliphatic carbocycles. The summed E-state index contributed by atoms with van der Waals surface area (Å²) < 4.78 is 10.4. The number of nitrogens with zero attached hydrogens (tertiary/aromatic N) is 2. The van der Waals surface area contributed by atoms with Crippen molar-refractivity contribution >= 4 is 23.6 Å². The van der Waals surface area contributed by atoms with Crippen molar-refractivity contribution < 1.29 is 19.1 Å². The van der Waals surface area contributed by atoms with Gasteiger partial charge in [-0.1, -0.05) is 17.7 Å². The highest BCUT2D eigenvalue weighted by atomic mass is 35.5. The smallest absolute Gasteiger partial charge is 0.331 e. The number of carbonyl (C=O) groups is 2. The minimum absolute atomic E-state index is 0.159. The van der Waals surface area contributed by atoms with E-state index < -0.39 is 0 Å². The fourth-order valence-electron chi connectivity index (χ4n) is 2.71. The minimum atomic E-state index is -0.251. The molecule has 0 aromatic heterocycles. The number of likely N-dealkylation sites (tertiary alicyclic amines) is 1. The lowest BCUT2D eigenvalue weighted by atomic mass is 9.98. The molecule has 1 fully saturated rings. The minimum Gasteiger partial charge on any atom is -0.466 e. The van der Waals surface area contributed by atoms with Gasteiger partial charge in [-0.25, -0.2) is 9.80 Å². The van der Waals surface area contributed by atoms with E-state index in [0.717, 1.165) is 19.3 Å². The van der Waals surface area contributed by atoms with Gasteiger partial charge in [0, 0.05) is 31.8 Å². The van der Waals surface area contributed by atoms with Crippen LogP contribution in [0.3, 0.4) is 0 Å². The largest absolute Gasteiger partial charge is 0.466 e. The molecule has 8 heteroatoms. The van der Waals surface area contributed by atoms with Crippen molar-refractivity contribution in [3.63, 3.8) is 0 Å². The maximum Gasteiger partial charge on any atom is 0.331 e. The number of esters is 1. The molecule has 0 radical (unpaired) electrons. The summed E-state index contributed by atoms with van der Waals surface area (Å²) in [5.41, 5.74) is 2.84. The lowest BCUT2D eigenvalue weighted by Crippen LogP contribution is -2.53. The molecule has 2 atom stereocenters. The summed E-state index contributed by atoms with van der Waals surface area (Å²) in [6, 6.07) is -0.389. The van der Waals surface area contributed by atoms with Crippen molar-refractivity contribution in [2.45, 2.75) is 46.1 Å². The van der Waals surface area contributed by atoms with E-state index in [0.29, 0.717) is 37.9 Å². The van der Waals surface area contributed by atoms with Crippen LogP contribution < -0.4 is 5.43 Å². The van der Waals surface area contributed by atoms with E-state index >= 15 is 0 Å². The van der Waals surface area contributed by atoms with Gasteiger partial charge in [-0.2, -0.15) is 0 Å². The zero-order chi connectivity index (χ0) is 19.5. The number of hydrogen-bond acceptors (Lipinski definition) is 5. The van der Waals surface area contributed by atoms with Gasteiger partial charge in [0.05, 0.1) is 25.2 Å². The number of halogens is 1. The Morgan fingerprint density at radius 2 is 2.12 bits per heavy atom. The third-order valence-corrected chi connectivity index (χ3v) is 4.86. The Morgan fingerprint density at radius 1 is 1.38 bits per heavy atom. The molecule has 1 aliphatic heterocycles. The van der Waals surface area contributed by atoms with Crippen LogP contribution in [0, 0.1) is 5.92 Å². The topological polar surface area (TPSA) is 71.1 Å². The molecule has 1 N–H and O–H groups in total. The van der Waals surface area contributed by atoms with Gasteiger partial charge in [0.15, 0.2) is 0 Å². The first-order chi connectivity index (χ1) is 12.4. The second-order valence-corrected chi connectivity index (χ2v) is 6.75. The number of rotatable bonds is 9. The van der Waals surface area contributed by atoms with Crippen molar-refractivity contribution in [2.75, 3.05) is 40.0 Å². The fraction of sp³-hybridized carbons (Fsp3) is 0.778. The highest BCUT2D eigenvalue weighted by Crippen LogP contribution is 2.18. The molecule has 1 heterocycles. The number of likely N-dealkylation sites (N-methyl/N-ethyl adjacent to an activating group) is 1. The molecule has 1 saturated heterocycles. The number of nitrogens with one attached hydrogen (secondary N) is 1. The molecule has 26 heavy (non-hydrogen) atoms. The average molecular weight is 390 g/mol. The summed E-state index contributed by atoms with van der Waals surface area (Å²) in [4.78, 5) is 26.1. The Balaban J connectivity index is 2.50. The van der Waals surface area contributed by atoms with Crippen LogP contribution in [0.25, 0.3) is 0 Å². The van der Waals surface area contributed by atoms with E-state index in [4.69, 9.17) is 21.1 Å². The predicted molar refractivity (Wildman–Crippen MR) is 102 cm³/mol. The van der Waals surface area contributed by atoms with Crippen LogP contribution in [0.1, 0.15) is 40.0 Å². The molecule has 1 unspecified atom stereocenters. The third-order valence-electron chi connectivity index (χ3n) is 4.39. The molecular weight excluding hydrogens is 358 g/mol. The van der Waals surface area contributed by atoms with Crippen molar-refractivity contribution in [3.05, 3.63) is 11.1 Å². The summed E-state index contributed by atoms with van der Waals surface area (Å²) >= 11 is 6.31. The van der Waals surface area contributed by atoms with E-state index in [9.17, 15) is 9.59 Å². The second kappa shape index (κ2) is 12.1. The lowest BCUT2D eigenvalue weighted by Gasteiger charge is -2.34. The zero-order valence-electron chi connectivity index (χ0n) is 16.3. The number of ether oxygens (including phenoxy) is 2. The summed E-state index contributed by atoms with van der Waals surface area (Å²) in [7, 11) is 1.77. The summed E-state index contributed by atoms with van der Waals surface area (Å²) in [6.45, 7) is 8.32. The molecule has 1 rings (SSSR count). The monoisotopic (exact) mass is 389 g/mol. The van der Waals surface area contributed by atoms with Gasteiger partial charge in [0.2, 0.25) is 0 Å². The van der Waals surface area contributed by atoms with Gasteiger partial charge < -0.3 is 14.4 Å². The van der Waals surface area contributed by atoms with E-state index in [-0.39, 0.29) is 24.0 Å². The van der Waals surface area contributed by atoms with Crippen LogP contribution in [0.2, 0.25) is 0 Å². The number of hydrogen-bond donors (Lipinski definition) is 1. The van der Waals surface area contributed by atoms with Crippen molar-refractivity contribution in [3.8, 4) is 0 Å². The molecule has 0 aromatic carbocycles. The zero-order valence-corrected chi connectivity index (χ0v) is 17.1. The predicted octanol–water partition coefficient (Wildman–Crippen LogP) is 2.76. The first kappa shape index (κ1) is 22.7. The summed E-state index contributed by atoms with van der Waals surface area (Å²) in [6.07, 6.45) is 4.17. The molecule has 0 bridgehead atoms. The Kier molecular flexibility index (Phi) is 10.6. The lowest BCUT2D eigenvalue weighted by molar-refractivity contribution is -0.149. The van der Waals surface area contributed by atoms with Gasteiger partial charge in [-0.3, -0.25) is 10.2 Å². The average Bonchev–Trinajstić information content (AvgIpc) is 2.64. The van der Waals surface area contributed by atoms with Crippen LogP contribution in [0.5, 0.6) is 0 Å². The number of hydrazine groups is 1. The Bertz CT molecular complexity index is 487. The number of piperidine rings is 1. The van der Waals surface area contributed by atoms with Gasteiger partial charge in [0.1, 0.15) is 0 Å². The summed E-state index contributed by atoms with van der Waals surface area (Å²) in [5.74, 6) is -0.480. The third kappa shape index (κ3) is 7.51. The molecule has 0 saturated carbocycles. The van der Waals surface area contributed by atoms with E-state index in [2.05, 4.69) is 5.43 Å². The van der Waals surface area contributed by atoms with E-state index in [1.165, 1.54) is 0 Å². The summed E-state index contributed by atoms with van der Waals surface area (Å²) in [5, 5.41) is 2.33. The normalized spacial score (nSPS) is 19.4. The molecular formula is C18H32ClN3O4. The van der Waals surface area contributed by atoms with Crippen LogP contribution in [0.4, 0.5) is 4.79 Å². The molecule has 0 aromatic rings. The first-order valence-corrected chi connectivity index (χ1v) is 9.66. The van der Waals surface area contributed by atoms with Crippen LogP contribution in [-0.4, -0.2) is 67.9 Å². The van der Waals surface area contributed by atoms with Gasteiger partial charge >= 0.3 is 12.0 Å². The van der Waals surface area contributed by atoms with Crippen molar-refractivity contribution in [1.29, 1.82) is 0 Å². The molecule has 0 spiro atoms. The fourth-order valence-corrected chi connectivity index (χ4v) is 2.97. The van der Waals surface area contributed by atoms with Crippen LogP contribution in [0.15, 0.2) is 11.1 Å². The van der Waals surface area contributed by atoms with Crippen LogP contribution >= 0.6 is 11.6 Å². The van der Waals surface area contributed by atoms with Gasteiger partial charge in [-0.15, -0.1) is 0 Å². The van der Waals surface area contributed by atoms with Gasteiger partial charge in [-0.05, 0) is 40.0 Å². The Labute approximate surface area is 161 Å². The highest BCUT2D eigenvalue weighted by Gasteiger charge is 2.30. The van der Waals surface area contributed by atoms with E-state index in [1.54, 1.807) is 23.9 Å². The SMILES string of the molecule is CCOCC/C=C(/Cl)C(C)N(C)NC(=O)N1CCC[C@@H](C(=O)OCC)C1. The maximum absolute atomic E-state index is 12.5. The number of carbonyl (C=O) groups excluding carboxylic acids is 2. The van der Waals surface area contributed by atoms with Crippen molar-refractivity contribution in [2.24, 2.45) is 5.92 Å². The first-order valence-electron chi connectivity index (χ1n) is 9.28. The van der Waals surface area contributed by atoms with E-state index in [1.807, 2.05) is 19.9 Å². The molecule has 2 amide bonds. The van der Waals surface area contributed by atoms with Crippen molar-refractivity contribution in [1.82, 2.24) is 15.3 Å². The Hall–Kier alpha value is -1.31. The number of amides is 2. The van der Waals surface area contributed by atoms with Crippen LogP contribution in [-0.2, 0) is 14.3 Å². The number of urea groups is 1. The second-order valence-electron chi connectivity index (χ2n) is 6.32. The molecule has 7 nitrogen and oxygen atoms in total. The molecule has 150 valence electrons. The standard InChI is InChI=1S/C18H32ClN3O4/c1-5-25-12-8-10-16(19)14(3)21(4)20-18(24)22-11-7-9-15(13-22)17(23)26-6-2/h10,14-15H,5-9,11-13H2,1-4H3,(H,20,24)/b16-10+/t14?,15-/m1/s1. The Morgan fingerprint density at radius 3 is 2.77 bits per heavy atom. The molecule has 1 aliphatic rings. The maximum atomic E-state index is 12.5.